The van der Waals surface area contributed by atoms with Crippen molar-refractivity contribution in [3.05, 3.63) is 34.2 Å². The van der Waals surface area contributed by atoms with Crippen LogP contribution >= 0.6 is 0 Å². The Morgan fingerprint density at radius 1 is 1.06 bits per heavy atom. The number of hydrogen-bond acceptors (Lipinski definition) is 4. The van der Waals surface area contributed by atoms with Crippen molar-refractivity contribution in [2.75, 3.05) is 13.1 Å². The van der Waals surface area contributed by atoms with E-state index in [0.717, 1.165) is 37.0 Å². The fourth-order valence-electron chi connectivity index (χ4n) is 4.64. The predicted molar refractivity (Wildman–Crippen MR) is 120 cm³/mol. The average Bonchev–Trinajstić information content (AvgIpc) is 2.97. The molecule has 2 aromatic rings. The molecule has 1 N–H and O–H groups in total. The van der Waals surface area contributed by atoms with E-state index in [1.54, 1.807) is 11.6 Å². The highest BCUT2D eigenvalue weighted by Gasteiger charge is 2.31. The van der Waals surface area contributed by atoms with Crippen LogP contribution < -0.4 is 11.0 Å². The Morgan fingerprint density at radius 2 is 1.77 bits per heavy atom. The van der Waals surface area contributed by atoms with E-state index >= 15 is 0 Å². The molecule has 0 bridgehead atoms. The fourth-order valence-corrected chi connectivity index (χ4v) is 4.64. The summed E-state index contributed by atoms with van der Waals surface area (Å²) in [5, 5.41) is 2.35. The van der Waals surface area contributed by atoms with Crippen molar-refractivity contribution < 1.29 is 9.59 Å². The highest BCUT2D eigenvalue weighted by atomic mass is 16.2. The van der Waals surface area contributed by atoms with Crippen LogP contribution in [-0.4, -0.2) is 44.5 Å². The predicted octanol–water partition coefficient (Wildman–Crippen LogP) is 2.18. The first kappa shape index (κ1) is 21.4. The van der Waals surface area contributed by atoms with E-state index in [0.29, 0.717) is 17.9 Å². The molecule has 1 atom stereocenters. The van der Waals surface area contributed by atoms with Gasteiger partial charge in [-0.05, 0) is 65.3 Å². The van der Waals surface area contributed by atoms with Gasteiger partial charge in [0.15, 0.2) is 0 Å². The molecule has 164 valence electrons. The summed E-state index contributed by atoms with van der Waals surface area (Å²) in [6.07, 6.45) is 2.63. The SMILES string of the molecule is Cn1c(=O)n(C2CCC(=O)NC2=O)c2cccc(C#CC3CCN(C(C)(C)C)CC3)c21. The second-order valence-electron chi connectivity index (χ2n) is 9.55. The number of carbonyl (C=O) groups is 2. The third-order valence-electron chi connectivity index (χ3n) is 6.48. The van der Waals surface area contributed by atoms with Gasteiger partial charge in [-0.2, -0.15) is 0 Å². The molecule has 7 nitrogen and oxygen atoms in total. The highest BCUT2D eigenvalue weighted by Crippen LogP contribution is 2.26. The number of piperidine rings is 2. The van der Waals surface area contributed by atoms with E-state index in [4.69, 9.17) is 0 Å². The number of aromatic nitrogens is 2. The second-order valence-corrected chi connectivity index (χ2v) is 9.55. The quantitative estimate of drug-likeness (QED) is 0.565. The van der Waals surface area contributed by atoms with Gasteiger partial charge in [0.1, 0.15) is 6.04 Å². The average molecular weight is 423 g/mol. The molecule has 2 aliphatic rings. The van der Waals surface area contributed by atoms with Gasteiger partial charge in [0, 0.05) is 24.9 Å². The lowest BCUT2D eigenvalue weighted by molar-refractivity contribution is -0.135. The zero-order chi connectivity index (χ0) is 22.3. The summed E-state index contributed by atoms with van der Waals surface area (Å²) in [7, 11) is 1.71. The van der Waals surface area contributed by atoms with Crippen molar-refractivity contribution in [2.24, 2.45) is 13.0 Å². The minimum atomic E-state index is -0.682. The summed E-state index contributed by atoms with van der Waals surface area (Å²) in [5.74, 6) is 6.36. The van der Waals surface area contributed by atoms with Crippen LogP contribution in [0.3, 0.4) is 0 Å². The van der Waals surface area contributed by atoms with Crippen molar-refractivity contribution in [3.8, 4) is 11.8 Å². The third-order valence-corrected chi connectivity index (χ3v) is 6.48. The van der Waals surface area contributed by atoms with Gasteiger partial charge in [0.05, 0.1) is 16.6 Å². The number of rotatable bonds is 1. The lowest BCUT2D eigenvalue weighted by atomic mass is 9.93. The number of amides is 2. The molecule has 1 aromatic heterocycles. The molecule has 0 spiro atoms. The van der Waals surface area contributed by atoms with Gasteiger partial charge in [-0.1, -0.05) is 17.9 Å². The molecule has 3 heterocycles. The molecule has 1 aromatic carbocycles. The van der Waals surface area contributed by atoms with Crippen LogP contribution in [0.4, 0.5) is 0 Å². The molecular weight excluding hydrogens is 392 g/mol. The number of fused-ring (bicyclic) bond motifs is 1. The summed E-state index contributed by atoms with van der Waals surface area (Å²) in [4.78, 5) is 39.4. The van der Waals surface area contributed by atoms with Crippen LogP contribution in [-0.2, 0) is 16.6 Å². The molecule has 2 amide bonds. The van der Waals surface area contributed by atoms with E-state index in [2.05, 4.69) is 42.8 Å². The van der Waals surface area contributed by atoms with E-state index in [9.17, 15) is 14.4 Å². The number of likely N-dealkylation sites (tertiary alicyclic amines) is 1. The van der Waals surface area contributed by atoms with Crippen molar-refractivity contribution in [1.29, 1.82) is 0 Å². The first-order chi connectivity index (χ1) is 14.7. The van der Waals surface area contributed by atoms with Crippen LogP contribution in [0.25, 0.3) is 11.0 Å². The normalized spacial score (nSPS) is 21.1. The smallest absolute Gasteiger partial charge is 0.298 e. The maximum Gasteiger partial charge on any atom is 0.329 e. The van der Waals surface area contributed by atoms with E-state index in [1.807, 2.05) is 18.2 Å². The molecule has 2 fully saturated rings. The second kappa shape index (κ2) is 8.01. The Bertz CT molecular complexity index is 1150. The third kappa shape index (κ3) is 4.05. The molecule has 2 saturated heterocycles. The molecule has 2 aliphatic heterocycles. The summed E-state index contributed by atoms with van der Waals surface area (Å²) in [6, 6.07) is 4.95. The maximum atomic E-state index is 13.0. The van der Waals surface area contributed by atoms with Crippen LogP contribution in [0.1, 0.15) is 58.1 Å². The number of imidazole rings is 1. The zero-order valence-corrected chi connectivity index (χ0v) is 18.7. The molecule has 1 unspecified atom stereocenters. The first-order valence-electron chi connectivity index (χ1n) is 11.0. The Hall–Kier alpha value is -2.85. The number of para-hydroxylation sites is 1. The zero-order valence-electron chi connectivity index (χ0n) is 18.7. The van der Waals surface area contributed by atoms with Crippen LogP contribution in [0.5, 0.6) is 0 Å². The summed E-state index contributed by atoms with van der Waals surface area (Å²) in [5.41, 5.74) is 2.12. The van der Waals surface area contributed by atoms with Crippen molar-refractivity contribution in [1.82, 2.24) is 19.4 Å². The van der Waals surface area contributed by atoms with Gasteiger partial charge in [-0.15, -0.1) is 0 Å². The van der Waals surface area contributed by atoms with Gasteiger partial charge >= 0.3 is 5.69 Å². The molecule has 31 heavy (non-hydrogen) atoms. The first-order valence-corrected chi connectivity index (χ1v) is 11.0. The molecule has 7 heteroatoms. The number of nitrogens with zero attached hydrogens (tertiary/aromatic N) is 3. The number of nitrogens with one attached hydrogen (secondary N) is 1. The van der Waals surface area contributed by atoms with Gasteiger partial charge in [0.2, 0.25) is 11.8 Å². The Morgan fingerprint density at radius 3 is 2.42 bits per heavy atom. The number of imide groups is 1. The van der Waals surface area contributed by atoms with Gasteiger partial charge < -0.3 is 0 Å². The van der Waals surface area contributed by atoms with Crippen molar-refractivity contribution in [2.45, 2.75) is 58.0 Å². The van der Waals surface area contributed by atoms with Crippen LogP contribution in [0.2, 0.25) is 0 Å². The monoisotopic (exact) mass is 422 g/mol. The lowest BCUT2D eigenvalue weighted by Crippen LogP contribution is -2.45. The summed E-state index contributed by atoms with van der Waals surface area (Å²) >= 11 is 0. The summed E-state index contributed by atoms with van der Waals surface area (Å²) < 4.78 is 3.06. The van der Waals surface area contributed by atoms with Crippen molar-refractivity contribution in [3.63, 3.8) is 0 Å². The molecule has 4 rings (SSSR count). The molecule has 0 radical (unpaired) electrons. The van der Waals surface area contributed by atoms with Gasteiger partial charge in [-0.25, -0.2) is 4.79 Å². The Labute approximate surface area is 182 Å². The van der Waals surface area contributed by atoms with Crippen LogP contribution in [0, 0.1) is 17.8 Å². The number of benzene rings is 1. The highest BCUT2D eigenvalue weighted by molar-refractivity contribution is 6.00. The van der Waals surface area contributed by atoms with Crippen LogP contribution in [0.15, 0.2) is 23.0 Å². The molecular formula is C24H30N4O3. The molecule has 0 saturated carbocycles. The van der Waals surface area contributed by atoms with Crippen molar-refractivity contribution >= 4 is 22.8 Å². The van der Waals surface area contributed by atoms with Gasteiger partial charge in [0.25, 0.3) is 0 Å². The lowest BCUT2D eigenvalue weighted by Gasteiger charge is -2.39. The summed E-state index contributed by atoms with van der Waals surface area (Å²) in [6.45, 7) is 8.81. The van der Waals surface area contributed by atoms with Gasteiger partial charge in [-0.3, -0.25) is 28.9 Å². The maximum absolute atomic E-state index is 13.0. The topological polar surface area (TPSA) is 76.3 Å². The molecule has 0 aliphatic carbocycles. The Kier molecular flexibility index (Phi) is 5.52. The van der Waals surface area contributed by atoms with E-state index in [-0.39, 0.29) is 23.6 Å². The minimum absolute atomic E-state index is 0.182. The minimum Gasteiger partial charge on any atom is -0.298 e. The number of hydrogen-bond donors (Lipinski definition) is 1. The fraction of sp³-hybridized carbons (Fsp3) is 0.542. The van der Waals surface area contributed by atoms with E-state index < -0.39 is 11.9 Å². The van der Waals surface area contributed by atoms with E-state index in [1.165, 1.54) is 4.57 Å². The number of carbonyl (C=O) groups excluding carboxylic acids is 2. The largest absolute Gasteiger partial charge is 0.329 e. The number of aryl methyl sites for hydroxylation is 1. The Balaban J connectivity index is 1.65. The standard InChI is InChI=1S/C24H30N4O3/c1-24(2,3)27-14-12-16(13-15-27)8-9-17-6-5-7-18-21(17)26(4)23(31)28(18)19-10-11-20(29)25-22(19)30/h5-7,16,19H,10-15H2,1-4H3,(H,25,29,30).